The van der Waals surface area contributed by atoms with Crippen LogP contribution < -0.4 is 4.90 Å². The van der Waals surface area contributed by atoms with Crippen LogP contribution in [0.4, 0.5) is 5.69 Å². The molecule has 0 bridgehead atoms. The van der Waals surface area contributed by atoms with Gasteiger partial charge in [-0.3, -0.25) is 4.68 Å². The lowest BCUT2D eigenvalue weighted by Gasteiger charge is -2.36. The van der Waals surface area contributed by atoms with Gasteiger partial charge < -0.3 is 10.0 Å². The summed E-state index contributed by atoms with van der Waals surface area (Å²) < 4.78 is 1.67. The average molecular weight is 292 g/mol. The van der Waals surface area contributed by atoms with Crippen molar-refractivity contribution in [3.05, 3.63) is 18.0 Å². The number of hydrogen-bond acceptors (Lipinski definition) is 5. The van der Waals surface area contributed by atoms with Gasteiger partial charge in [-0.25, -0.2) is 9.78 Å². The molecule has 1 aliphatic heterocycles. The smallest absolute Gasteiger partial charge is 0.339 e. The molecular weight excluding hydrogens is 276 g/mol. The minimum absolute atomic E-state index is 0.254. The van der Waals surface area contributed by atoms with E-state index >= 15 is 0 Å². The highest BCUT2D eigenvalue weighted by atomic mass is 32.2. The van der Waals surface area contributed by atoms with Crippen LogP contribution in [0.5, 0.6) is 0 Å². The molecule has 0 spiro atoms. The molecule has 0 aliphatic carbocycles. The maximum Gasteiger partial charge on any atom is 0.339 e. The molecule has 1 aliphatic rings. The highest BCUT2D eigenvalue weighted by molar-refractivity contribution is 7.99. The number of rotatable bonds is 2. The number of fused-ring (bicyclic) bond motifs is 1. The fourth-order valence-corrected chi connectivity index (χ4v) is 3.62. The molecule has 3 heterocycles. The standard InChI is InChI=1S/C13H16N4O2S/c1-8-7-20-4-3-17(8)11-9-6-15-16(2)12(9)14-5-10(11)13(18)19/h5-6,8H,3-4,7H2,1-2H3,(H,18,19). The van der Waals surface area contributed by atoms with Crippen LogP contribution in [0, 0.1) is 0 Å². The monoisotopic (exact) mass is 292 g/mol. The normalized spacial score (nSPS) is 19.5. The van der Waals surface area contributed by atoms with E-state index in [1.165, 1.54) is 6.20 Å². The maximum absolute atomic E-state index is 11.5. The molecule has 2 aromatic rings. The third-order valence-electron chi connectivity index (χ3n) is 3.62. The van der Waals surface area contributed by atoms with Crippen LogP contribution in [0.15, 0.2) is 12.4 Å². The van der Waals surface area contributed by atoms with Gasteiger partial charge in [-0.05, 0) is 6.92 Å². The zero-order valence-electron chi connectivity index (χ0n) is 11.4. The molecule has 0 saturated carbocycles. The Kier molecular flexibility index (Phi) is 3.29. The van der Waals surface area contributed by atoms with E-state index in [0.29, 0.717) is 6.04 Å². The van der Waals surface area contributed by atoms with Crippen molar-refractivity contribution in [1.82, 2.24) is 14.8 Å². The number of nitrogens with zero attached hydrogens (tertiary/aromatic N) is 4. The number of aromatic carboxylic acids is 1. The lowest BCUT2D eigenvalue weighted by Crippen LogP contribution is -2.41. The van der Waals surface area contributed by atoms with Crippen molar-refractivity contribution < 1.29 is 9.90 Å². The summed E-state index contributed by atoms with van der Waals surface area (Å²) in [4.78, 5) is 17.9. The van der Waals surface area contributed by atoms with E-state index in [9.17, 15) is 9.90 Å². The summed E-state index contributed by atoms with van der Waals surface area (Å²) in [5.74, 6) is 1.07. The largest absolute Gasteiger partial charge is 0.478 e. The van der Waals surface area contributed by atoms with Gasteiger partial charge in [0.15, 0.2) is 5.65 Å². The third-order valence-corrected chi connectivity index (χ3v) is 4.81. The molecule has 1 saturated heterocycles. The number of aryl methyl sites for hydroxylation is 1. The molecule has 7 heteroatoms. The molecule has 3 rings (SSSR count). The van der Waals surface area contributed by atoms with Gasteiger partial charge in [-0.2, -0.15) is 16.9 Å². The van der Waals surface area contributed by atoms with Gasteiger partial charge in [0.25, 0.3) is 0 Å². The zero-order chi connectivity index (χ0) is 14.3. The van der Waals surface area contributed by atoms with Gasteiger partial charge in [-0.1, -0.05) is 0 Å². The van der Waals surface area contributed by atoms with Crippen LogP contribution in [0.2, 0.25) is 0 Å². The van der Waals surface area contributed by atoms with Crippen molar-refractivity contribution in [2.24, 2.45) is 7.05 Å². The summed E-state index contributed by atoms with van der Waals surface area (Å²) in [6.07, 6.45) is 3.15. The number of thioether (sulfide) groups is 1. The third kappa shape index (κ3) is 2.02. The van der Waals surface area contributed by atoms with Crippen molar-refractivity contribution in [2.75, 3.05) is 23.0 Å². The predicted molar refractivity (Wildman–Crippen MR) is 79.6 cm³/mol. The van der Waals surface area contributed by atoms with Crippen LogP contribution in [0.25, 0.3) is 11.0 Å². The highest BCUT2D eigenvalue weighted by Crippen LogP contribution is 2.33. The number of carbonyl (C=O) groups is 1. The molecular formula is C13H16N4O2S. The number of carboxylic acids is 1. The second-order valence-electron chi connectivity index (χ2n) is 4.95. The first kappa shape index (κ1) is 13.2. The number of aromatic nitrogens is 3. The number of carboxylic acid groups (broad SMARTS) is 1. The van der Waals surface area contributed by atoms with E-state index in [-0.39, 0.29) is 5.56 Å². The van der Waals surface area contributed by atoms with Gasteiger partial charge in [0.2, 0.25) is 0 Å². The van der Waals surface area contributed by atoms with Gasteiger partial charge in [0.1, 0.15) is 5.56 Å². The number of anilines is 1. The molecule has 1 atom stereocenters. The van der Waals surface area contributed by atoms with Crippen LogP contribution in [-0.2, 0) is 7.05 Å². The SMILES string of the molecule is CC1CSCCN1c1c(C(=O)O)cnc2c1cnn2C. The van der Waals surface area contributed by atoms with E-state index in [2.05, 4.69) is 21.9 Å². The number of hydrogen-bond donors (Lipinski definition) is 1. The van der Waals surface area contributed by atoms with Crippen LogP contribution in [-0.4, -0.2) is 49.9 Å². The van der Waals surface area contributed by atoms with Crippen LogP contribution in [0.1, 0.15) is 17.3 Å². The Bertz CT molecular complexity index is 670. The molecule has 1 fully saturated rings. The molecule has 0 radical (unpaired) electrons. The topological polar surface area (TPSA) is 71.2 Å². The lowest BCUT2D eigenvalue weighted by atomic mass is 10.1. The van der Waals surface area contributed by atoms with E-state index in [1.807, 2.05) is 18.8 Å². The van der Waals surface area contributed by atoms with Crippen molar-refractivity contribution in [2.45, 2.75) is 13.0 Å². The molecule has 20 heavy (non-hydrogen) atoms. The van der Waals surface area contributed by atoms with E-state index in [0.717, 1.165) is 34.8 Å². The van der Waals surface area contributed by atoms with Crippen LogP contribution >= 0.6 is 11.8 Å². The van der Waals surface area contributed by atoms with Crippen molar-refractivity contribution in [1.29, 1.82) is 0 Å². The second kappa shape index (κ2) is 4.97. The minimum atomic E-state index is -0.941. The van der Waals surface area contributed by atoms with E-state index in [4.69, 9.17) is 0 Å². The lowest BCUT2D eigenvalue weighted by molar-refractivity contribution is 0.0697. The Hall–Kier alpha value is -1.76. The Morgan fingerprint density at radius 1 is 1.50 bits per heavy atom. The first-order chi connectivity index (χ1) is 9.59. The average Bonchev–Trinajstić information content (AvgIpc) is 2.80. The van der Waals surface area contributed by atoms with Gasteiger partial charge >= 0.3 is 5.97 Å². The van der Waals surface area contributed by atoms with Crippen molar-refractivity contribution in [3.8, 4) is 0 Å². The Labute approximate surface area is 120 Å². The molecule has 1 N–H and O–H groups in total. The summed E-state index contributed by atoms with van der Waals surface area (Å²) in [5, 5.41) is 14.5. The van der Waals surface area contributed by atoms with Gasteiger partial charge in [-0.15, -0.1) is 0 Å². The molecule has 0 amide bonds. The fraction of sp³-hybridized carbons (Fsp3) is 0.462. The Morgan fingerprint density at radius 3 is 3.00 bits per heavy atom. The molecule has 1 unspecified atom stereocenters. The molecule has 0 aromatic carbocycles. The first-order valence-electron chi connectivity index (χ1n) is 6.48. The maximum atomic E-state index is 11.5. The minimum Gasteiger partial charge on any atom is -0.478 e. The first-order valence-corrected chi connectivity index (χ1v) is 7.63. The fourth-order valence-electron chi connectivity index (χ4n) is 2.61. The summed E-state index contributed by atoms with van der Waals surface area (Å²) in [6, 6.07) is 0.303. The second-order valence-corrected chi connectivity index (χ2v) is 6.10. The highest BCUT2D eigenvalue weighted by Gasteiger charge is 2.26. The summed E-state index contributed by atoms with van der Waals surface area (Å²) in [5.41, 5.74) is 1.73. The zero-order valence-corrected chi connectivity index (χ0v) is 12.2. The predicted octanol–water partition coefficient (Wildman–Crippen LogP) is 1.61. The molecule has 106 valence electrons. The summed E-state index contributed by atoms with van der Waals surface area (Å²) in [7, 11) is 1.81. The quantitative estimate of drug-likeness (QED) is 0.906. The molecule has 2 aromatic heterocycles. The summed E-state index contributed by atoms with van der Waals surface area (Å²) in [6.45, 7) is 2.97. The Balaban J connectivity index is 2.24. The van der Waals surface area contributed by atoms with Crippen molar-refractivity contribution >= 4 is 34.5 Å². The van der Waals surface area contributed by atoms with Crippen LogP contribution in [0.3, 0.4) is 0 Å². The number of pyridine rings is 1. The summed E-state index contributed by atoms with van der Waals surface area (Å²) >= 11 is 1.90. The molecule has 6 nitrogen and oxygen atoms in total. The van der Waals surface area contributed by atoms with E-state index < -0.39 is 5.97 Å². The Morgan fingerprint density at radius 2 is 2.30 bits per heavy atom. The van der Waals surface area contributed by atoms with Crippen molar-refractivity contribution in [3.63, 3.8) is 0 Å². The van der Waals surface area contributed by atoms with E-state index in [1.54, 1.807) is 10.9 Å². The van der Waals surface area contributed by atoms with Gasteiger partial charge in [0.05, 0.1) is 17.3 Å². The van der Waals surface area contributed by atoms with Gasteiger partial charge in [0, 0.05) is 37.3 Å².